The number of rotatable bonds is 5. The fourth-order valence-electron chi connectivity index (χ4n) is 3.89. The first-order valence-electron chi connectivity index (χ1n) is 9.40. The number of halogens is 3. The summed E-state index contributed by atoms with van der Waals surface area (Å²) in [7, 11) is 0. The lowest BCUT2D eigenvalue weighted by Gasteiger charge is -2.37. The van der Waals surface area contributed by atoms with Gasteiger partial charge in [-0.2, -0.15) is 13.2 Å². The Morgan fingerprint density at radius 1 is 0.633 bits per heavy atom. The van der Waals surface area contributed by atoms with Crippen molar-refractivity contribution in [2.75, 3.05) is 0 Å². The molecule has 0 aliphatic carbocycles. The fourth-order valence-corrected chi connectivity index (χ4v) is 3.89. The van der Waals surface area contributed by atoms with Crippen LogP contribution in [-0.2, 0) is 5.54 Å². The van der Waals surface area contributed by atoms with Gasteiger partial charge in [0.25, 0.3) is 5.78 Å². The SMILES string of the molecule is O=C(c1ccn(C(c2ccccc2)(c2ccccc2)c2ccccc2)c1)C(F)(F)F. The van der Waals surface area contributed by atoms with E-state index in [0.717, 1.165) is 16.7 Å². The number of ketones is 1. The Morgan fingerprint density at radius 3 is 1.40 bits per heavy atom. The molecule has 3 aromatic carbocycles. The molecule has 4 rings (SSSR count). The van der Waals surface area contributed by atoms with E-state index in [0.29, 0.717) is 0 Å². The van der Waals surface area contributed by atoms with Crippen molar-refractivity contribution in [1.82, 2.24) is 4.57 Å². The van der Waals surface area contributed by atoms with Crippen molar-refractivity contribution in [1.29, 1.82) is 0 Å². The monoisotopic (exact) mass is 405 g/mol. The fraction of sp³-hybridized carbons (Fsp3) is 0.0800. The molecule has 0 unspecified atom stereocenters. The summed E-state index contributed by atoms with van der Waals surface area (Å²) < 4.78 is 40.8. The number of benzene rings is 3. The lowest BCUT2D eigenvalue weighted by Crippen LogP contribution is -2.37. The molecule has 5 heteroatoms. The van der Waals surface area contributed by atoms with Gasteiger partial charge in [-0.1, -0.05) is 91.0 Å². The Labute approximate surface area is 172 Å². The van der Waals surface area contributed by atoms with Gasteiger partial charge in [-0.05, 0) is 22.8 Å². The van der Waals surface area contributed by atoms with Gasteiger partial charge in [-0.25, -0.2) is 0 Å². The summed E-state index contributed by atoms with van der Waals surface area (Å²) in [6.45, 7) is 0. The van der Waals surface area contributed by atoms with Gasteiger partial charge in [0.05, 0.1) is 0 Å². The maximum absolute atomic E-state index is 13.1. The van der Waals surface area contributed by atoms with Crippen LogP contribution < -0.4 is 0 Å². The van der Waals surface area contributed by atoms with Crippen LogP contribution >= 0.6 is 0 Å². The number of aromatic nitrogens is 1. The Kier molecular flexibility index (Phi) is 5.04. The molecule has 0 radical (unpaired) electrons. The molecule has 0 atom stereocenters. The Bertz CT molecular complexity index is 1040. The number of carbonyl (C=O) groups is 1. The Hall–Kier alpha value is -3.60. The quantitative estimate of drug-likeness (QED) is 0.292. The van der Waals surface area contributed by atoms with Gasteiger partial charge in [-0.3, -0.25) is 4.79 Å². The molecule has 0 saturated carbocycles. The topological polar surface area (TPSA) is 22.0 Å². The maximum atomic E-state index is 13.1. The largest absolute Gasteiger partial charge is 0.454 e. The molecule has 1 heterocycles. The molecule has 0 spiro atoms. The second-order valence-electron chi connectivity index (χ2n) is 6.94. The number of nitrogens with zero attached hydrogens (tertiary/aromatic N) is 1. The van der Waals surface area contributed by atoms with Crippen LogP contribution in [0.1, 0.15) is 27.0 Å². The van der Waals surface area contributed by atoms with Crippen molar-refractivity contribution < 1.29 is 18.0 Å². The Balaban J connectivity index is 2.04. The molecule has 0 saturated heterocycles. The van der Waals surface area contributed by atoms with E-state index in [9.17, 15) is 18.0 Å². The minimum absolute atomic E-state index is 0.394. The Morgan fingerprint density at radius 2 is 1.03 bits per heavy atom. The maximum Gasteiger partial charge on any atom is 0.454 e. The molecule has 30 heavy (non-hydrogen) atoms. The van der Waals surface area contributed by atoms with Crippen LogP contribution in [-0.4, -0.2) is 16.5 Å². The van der Waals surface area contributed by atoms with E-state index in [1.165, 1.54) is 18.5 Å². The smallest absolute Gasteiger partial charge is 0.335 e. The molecule has 0 fully saturated rings. The van der Waals surface area contributed by atoms with Crippen molar-refractivity contribution >= 4 is 5.78 Å². The van der Waals surface area contributed by atoms with E-state index < -0.39 is 23.1 Å². The van der Waals surface area contributed by atoms with Gasteiger partial charge in [0.15, 0.2) is 0 Å². The first-order valence-corrected chi connectivity index (χ1v) is 9.40. The highest BCUT2D eigenvalue weighted by molar-refractivity contribution is 6.00. The zero-order valence-corrected chi connectivity index (χ0v) is 15.9. The van der Waals surface area contributed by atoms with Crippen LogP contribution in [0.2, 0.25) is 0 Å². The first kappa shape index (κ1) is 19.7. The molecule has 0 bridgehead atoms. The average Bonchev–Trinajstić information content (AvgIpc) is 3.26. The van der Waals surface area contributed by atoms with Crippen LogP contribution in [0, 0.1) is 0 Å². The summed E-state index contributed by atoms with van der Waals surface area (Å²) in [5, 5.41) is 0. The molecule has 0 aliphatic rings. The third kappa shape index (κ3) is 3.32. The van der Waals surface area contributed by atoms with Crippen molar-refractivity contribution in [2.45, 2.75) is 11.7 Å². The predicted octanol–water partition coefficient (Wildman–Crippen LogP) is 6.07. The van der Waals surface area contributed by atoms with Gasteiger partial charge in [0, 0.05) is 18.0 Å². The average molecular weight is 405 g/mol. The van der Waals surface area contributed by atoms with E-state index in [1.807, 2.05) is 91.0 Å². The summed E-state index contributed by atoms with van der Waals surface area (Å²) in [6, 6.07) is 29.8. The molecule has 2 nitrogen and oxygen atoms in total. The highest BCUT2D eigenvalue weighted by Crippen LogP contribution is 2.41. The van der Waals surface area contributed by atoms with E-state index in [-0.39, 0.29) is 0 Å². The first-order chi connectivity index (χ1) is 14.4. The van der Waals surface area contributed by atoms with Crippen molar-refractivity contribution in [3.63, 3.8) is 0 Å². The molecule has 0 amide bonds. The lowest BCUT2D eigenvalue weighted by atomic mass is 9.77. The molecule has 0 N–H and O–H groups in total. The lowest BCUT2D eigenvalue weighted by molar-refractivity contribution is -0.0885. The van der Waals surface area contributed by atoms with Crippen LogP contribution in [0.4, 0.5) is 13.2 Å². The van der Waals surface area contributed by atoms with E-state index in [2.05, 4.69) is 0 Å². The van der Waals surface area contributed by atoms with E-state index >= 15 is 0 Å². The summed E-state index contributed by atoms with van der Waals surface area (Å²) in [5.74, 6) is -1.86. The molecular formula is C25H18F3NO. The molecule has 1 aromatic heterocycles. The summed E-state index contributed by atoms with van der Waals surface area (Å²) in [6.07, 6.45) is -2.12. The predicted molar refractivity (Wildman–Crippen MR) is 109 cm³/mol. The third-order valence-corrected chi connectivity index (χ3v) is 5.17. The highest BCUT2D eigenvalue weighted by Gasteiger charge is 2.42. The van der Waals surface area contributed by atoms with Crippen molar-refractivity contribution in [3.8, 4) is 0 Å². The summed E-state index contributed by atoms with van der Waals surface area (Å²) >= 11 is 0. The van der Waals surface area contributed by atoms with Gasteiger partial charge in [0.1, 0.15) is 5.54 Å². The van der Waals surface area contributed by atoms with Crippen molar-refractivity contribution in [2.24, 2.45) is 0 Å². The van der Waals surface area contributed by atoms with Crippen LogP contribution in [0.15, 0.2) is 109 Å². The van der Waals surface area contributed by atoms with E-state index in [1.54, 1.807) is 4.57 Å². The highest BCUT2D eigenvalue weighted by atomic mass is 19.4. The zero-order valence-electron chi connectivity index (χ0n) is 15.9. The molecule has 0 aliphatic heterocycles. The molecule has 150 valence electrons. The van der Waals surface area contributed by atoms with Gasteiger partial charge in [-0.15, -0.1) is 0 Å². The molecular weight excluding hydrogens is 387 g/mol. The van der Waals surface area contributed by atoms with Crippen molar-refractivity contribution in [3.05, 3.63) is 132 Å². The summed E-state index contributed by atoms with van der Waals surface area (Å²) in [5.41, 5.74) is 1.25. The zero-order chi connectivity index (χ0) is 21.2. The minimum Gasteiger partial charge on any atom is -0.335 e. The summed E-state index contributed by atoms with van der Waals surface area (Å²) in [4.78, 5) is 11.9. The number of hydrogen-bond donors (Lipinski definition) is 0. The van der Waals surface area contributed by atoms with Gasteiger partial charge >= 0.3 is 6.18 Å². The van der Waals surface area contributed by atoms with Crippen LogP contribution in [0.5, 0.6) is 0 Å². The number of Topliss-reactive ketones (excluding diaryl/α,β-unsaturated/α-hetero) is 1. The standard InChI is InChI=1S/C25H18F3NO/c26-25(27,28)23(30)19-16-17-29(18-19)24(20-10-4-1-5-11-20,21-12-6-2-7-13-21)22-14-8-3-9-15-22/h1-18H. The number of alkyl halides is 3. The third-order valence-electron chi connectivity index (χ3n) is 5.17. The normalized spacial score (nSPS) is 12.0. The van der Waals surface area contributed by atoms with Gasteiger partial charge < -0.3 is 4.57 Å². The number of carbonyl (C=O) groups excluding carboxylic acids is 1. The molecule has 4 aromatic rings. The minimum atomic E-state index is -4.93. The second-order valence-corrected chi connectivity index (χ2v) is 6.94. The van der Waals surface area contributed by atoms with Crippen LogP contribution in [0.25, 0.3) is 0 Å². The van der Waals surface area contributed by atoms with Crippen LogP contribution in [0.3, 0.4) is 0 Å². The van der Waals surface area contributed by atoms with E-state index in [4.69, 9.17) is 0 Å². The van der Waals surface area contributed by atoms with Gasteiger partial charge in [0.2, 0.25) is 0 Å². The number of hydrogen-bond acceptors (Lipinski definition) is 1. The second kappa shape index (κ2) is 7.67.